The predicted octanol–water partition coefficient (Wildman–Crippen LogP) is 0.939. The third-order valence-electron chi connectivity index (χ3n) is 0. The highest BCUT2D eigenvalue weighted by molar-refractivity contribution is 7.30. The van der Waals surface area contributed by atoms with Crippen molar-refractivity contribution in [3.8, 4) is 0 Å². The molecule has 0 aliphatic heterocycles. The van der Waals surface area contributed by atoms with Gasteiger partial charge in [0, 0.05) is 4.57 Å². The van der Waals surface area contributed by atoms with Gasteiger partial charge in [-0.05, 0) is 0 Å². The second kappa shape index (κ2) is 9.75. The van der Waals surface area contributed by atoms with Crippen molar-refractivity contribution >= 4 is 32.0 Å². The van der Waals surface area contributed by atoms with E-state index in [1.807, 2.05) is 0 Å². The van der Waals surface area contributed by atoms with Crippen LogP contribution >= 0.6 is 32.0 Å². The first-order valence-corrected chi connectivity index (χ1v) is 2.67. The second-order valence-corrected chi connectivity index (χ2v) is 1.28. The molecule has 0 aromatic carbocycles. The molecule has 0 aromatic rings. The average Bonchev–Trinajstić information content (AvgIpc) is 1.33. The molecule has 0 fully saturated rings. The summed E-state index contributed by atoms with van der Waals surface area (Å²) in [5, 5.41) is 0. The Balaban J connectivity index is 0. The van der Waals surface area contributed by atoms with Crippen molar-refractivity contribution in [1.82, 2.24) is 0 Å². The maximum atomic E-state index is 8.70. The van der Waals surface area contributed by atoms with Crippen LogP contribution in [-0.4, -0.2) is 9.79 Å². The number of rotatable bonds is 0. The van der Waals surface area contributed by atoms with Gasteiger partial charge in [-0.1, -0.05) is 0 Å². The molecule has 0 radical (unpaired) electrons. The van der Waals surface area contributed by atoms with E-state index < -0.39 is 8.25 Å². The third-order valence-corrected chi connectivity index (χ3v) is 0. The molecule has 0 unspecified atom stereocenters. The van der Waals surface area contributed by atoms with Gasteiger partial charge in [0.25, 0.3) is 0 Å². The Hall–Kier alpha value is 0.560. The zero-order valence-corrected chi connectivity index (χ0v) is 5.32. The average molecular weight is 168 g/mol. The van der Waals surface area contributed by atoms with Crippen LogP contribution in [0.15, 0.2) is 0 Å². The fourth-order valence-corrected chi connectivity index (χ4v) is 0. The lowest BCUT2D eigenvalue weighted by Crippen LogP contribution is -1.38. The predicted molar refractivity (Wildman–Crippen MR) is 24.8 cm³/mol. The van der Waals surface area contributed by atoms with Crippen molar-refractivity contribution in [2.24, 2.45) is 0 Å². The molecule has 0 aliphatic carbocycles. The molecule has 0 aliphatic rings. The Labute approximate surface area is 50.9 Å². The maximum Gasteiger partial charge on any atom is 0.692 e. The minimum absolute atomic E-state index is 2.87. The van der Waals surface area contributed by atoms with E-state index in [2.05, 4.69) is 27.6 Å². The Morgan fingerprint density at radius 3 is 1.43 bits per heavy atom. The number of halogens is 2. The van der Waals surface area contributed by atoms with Crippen molar-refractivity contribution in [2.45, 2.75) is 0 Å². The molecule has 0 spiro atoms. The summed E-state index contributed by atoms with van der Waals surface area (Å²) in [5.41, 5.74) is 0. The first-order valence-electron chi connectivity index (χ1n) is 0.891. The lowest BCUT2D eigenvalue weighted by Gasteiger charge is -1.46. The zero-order chi connectivity index (χ0) is 6.28. The van der Waals surface area contributed by atoms with Crippen LogP contribution in [0.2, 0.25) is 0 Å². The van der Waals surface area contributed by atoms with Gasteiger partial charge < -0.3 is 0 Å². The smallest absolute Gasteiger partial charge is 0.166 e. The van der Waals surface area contributed by atoms with Crippen molar-refractivity contribution < 1.29 is 18.2 Å². The summed E-state index contributed by atoms with van der Waals surface area (Å²) in [6, 6.07) is 0. The highest BCUT2D eigenvalue weighted by Gasteiger charge is 1.93. The molecule has 7 heteroatoms. The van der Waals surface area contributed by atoms with Gasteiger partial charge in [-0.15, -0.1) is 9.79 Å². The minimum Gasteiger partial charge on any atom is -0.166 e. The first kappa shape index (κ1) is 10.5. The molecule has 0 bridgehead atoms. The lowest BCUT2D eigenvalue weighted by atomic mass is 15.8. The molecule has 0 aromatic heterocycles. The van der Waals surface area contributed by atoms with Crippen LogP contribution < -0.4 is 0 Å². The van der Waals surface area contributed by atoms with Gasteiger partial charge in [-0.2, -0.15) is 3.84 Å². The highest BCUT2D eigenvalue weighted by atomic mass is 35.6. The quantitative estimate of drug-likeness (QED) is 0.528. The largest absolute Gasteiger partial charge is 0.692 e. The monoisotopic (exact) mass is 167 g/mol. The first-order chi connectivity index (χ1) is 3.15. The van der Waals surface area contributed by atoms with Crippen molar-refractivity contribution in [1.29, 1.82) is 0 Å². The summed E-state index contributed by atoms with van der Waals surface area (Å²) in [5.74, 6) is 0. The molecule has 44 valence electrons. The van der Waals surface area contributed by atoms with Crippen LogP contribution in [-0.2, 0) is 8.41 Å². The maximum absolute atomic E-state index is 8.70. The van der Waals surface area contributed by atoms with Gasteiger partial charge in [0.15, 0.2) is 0 Å². The van der Waals surface area contributed by atoms with Crippen LogP contribution in [0.3, 0.4) is 0 Å². The molecular formula is H2Cl2O4P+. The van der Waals surface area contributed by atoms with Crippen LogP contribution in [0.25, 0.3) is 0 Å². The molecule has 2 N–H and O–H groups in total. The molecule has 0 heterocycles. The van der Waals surface area contributed by atoms with Gasteiger partial charge in [0.2, 0.25) is 0 Å². The van der Waals surface area contributed by atoms with Gasteiger partial charge in [-0.3, -0.25) is 0 Å². The van der Waals surface area contributed by atoms with E-state index in [0.717, 1.165) is 0 Å². The van der Waals surface area contributed by atoms with Crippen LogP contribution in [0.4, 0.5) is 0 Å². The molecule has 0 atom stereocenters. The lowest BCUT2D eigenvalue weighted by molar-refractivity contribution is 0.405. The minimum atomic E-state index is -2.87. The van der Waals surface area contributed by atoms with Gasteiger partial charge in [0.1, 0.15) is 0 Å². The van der Waals surface area contributed by atoms with Gasteiger partial charge in [0.05, 0.1) is 23.7 Å². The number of hydrogen-bond acceptors (Lipinski definition) is 2. The van der Waals surface area contributed by atoms with E-state index in [1.54, 1.807) is 0 Å². The Bertz CT molecular complexity index is 41.0. The fourth-order valence-electron chi connectivity index (χ4n) is 0. The zero-order valence-electron chi connectivity index (χ0n) is 2.91. The van der Waals surface area contributed by atoms with Crippen molar-refractivity contribution in [2.75, 3.05) is 0 Å². The van der Waals surface area contributed by atoms with E-state index in [1.165, 1.54) is 0 Å². The third kappa shape index (κ3) is 435. The van der Waals surface area contributed by atoms with E-state index in [9.17, 15) is 0 Å². The molecular weight excluding hydrogens is 166 g/mol. The summed E-state index contributed by atoms with van der Waals surface area (Å²) >= 11 is 8.53. The van der Waals surface area contributed by atoms with Gasteiger partial charge >= 0.3 is 8.25 Å². The fraction of sp³-hybridized carbons (Fsp3) is 0. The van der Waals surface area contributed by atoms with E-state index in [0.29, 0.717) is 0 Å². The topological polar surface area (TPSA) is 66.8 Å². The van der Waals surface area contributed by atoms with Crippen molar-refractivity contribution in [3.63, 3.8) is 0 Å². The Morgan fingerprint density at radius 2 is 1.43 bits per heavy atom. The summed E-state index contributed by atoms with van der Waals surface area (Å²) in [6.07, 6.45) is 0. The van der Waals surface area contributed by atoms with E-state index in [4.69, 9.17) is 14.4 Å². The summed E-state index contributed by atoms with van der Waals surface area (Å²) < 4.78 is 11.9. The number of hydrogen-bond donors (Lipinski definition) is 2. The summed E-state index contributed by atoms with van der Waals surface area (Å²) in [4.78, 5) is 14.2. The Kier molecular flexibility index (Phi) is 14.7. The molecule has 4 nitrogen and oxygen atoms in total. The van der Waals surface area contributed by atoms with Crippen LogP contribution in [0, 0.1) is 0 Å². The van der Waals surface area contributed by atoms with Crippen LogP contribution in [0.1, 0.15) is 0 Å². The molecule has 7 heavy (non-hydrogen) atoms. The standard InChI is InChI=1S/Cl2O.HO3P/c1-3-2;1-4(2)3/h;(H-,1,2,3)/p+1. The normalized spacial score (nSPS) is 6.29. The molecule has 0 saturated carbocycles. The van der Waals surface area contributed by atoms with E-state index >= 15 is 0 Å². The molecule has 0 saturated heterocycles. The summed E-state index contributed by atoms with van der Waals surface area (Å²) in [6.45, 7) is 0. The summed E-state index contributed by atoms with van der Waals surface area (Å²) in [7, 11) is -2.87. The molecule has 0 rings (SSSR count). The second-order valence-electron chi connectivity index (χ2n) is 0.311. The van der Waals surface area contributed by atoms with Crippen molar-refractivity contribution in [3.05, 3.63) is 0 Å². The SMILES string of the molecule is ClOCl.O=[P+](O)O. The Morgan fingerprint density at radius 1 is 1.43 bits per heavy atom. The van der Waals surface area contributed by atoms with Crippen LogP contribution in [0.5, 0.6) is 0 Å². The van der Waals surface area contributed by atoms with Gasteiger partial charge in [-0.25, -0.2) is 0 Å². The van der Waals surface area contributed by atoms with E-state index in [-0.39, 0.29) is 0 Å². The highest BCUT2D eigenvalue weighted by Crippen LogP contribution is 1.98. The molecule has 0 amide bonds.